The van der Waals surface area contributed by atoms with Gasteiger partial charge in [0.2, 0.25) is 0 Å². The van der Waals surface area contributed by atoms with Gasteiger partial charge in [-0.05, 0) is 84.9 Å². The second-order valence-electron chi connectivity index (χ2n) is 14.5. The largest absolute Gasteiger partial charge is 0.378 e. The maximum absolute atomic E-state index is 6.75. The lowest BCUT2D eigenvalue weighted by atomic mass is 9.55. The summed E-state index contributed by atoms with van der Waals surface area (Å²) in [5, 5.41) is 0. The first-order chi connectivity index (χ1) is 15.4. The van der Waals surface area contributed by atoms with E-state index in [-0.39, 0.29) is 0 Å². The smallest absolute Gasteiger partial charge is 0.0575 e. The third-order valence-electron chi connectivity index (χ3n) is 10.1. The Balaban J connectivity index is 1.91. The monoisotopic (exact) mass is 462 g/mol. The SMILES string of the molecule is CCCCCC1CCC(C(CC)COC(C)C2CC(C(C)(C)C)C(C)C(C(C)(C)C)C2)CC1. The van der Waals surface area contributed by atoms with Gasteiger partial charge in [-0.25, -0.2) is 0 Å². The summed E-state index contributed by atoms with van der Waals surface area (Å²) in [6.07, 6.45) is 15.9. The minimum Gasteiger partial charge on any atom is -0.378 e. The van der Waals surface area contributed by atoms with Crippen molar-refractivity contribution in [2.45, 2.75) is 146 Å². The van der Waals surface area contributed by atoms with Crippen molar-refractivity contribution in [3.8, 4) is 0 Å². The number of ether oxygens (including phenoxy) is 1. The van der Waals surface area contributed by atoms with E-state index in [1.165, 1.54) is 70.6 Å². The molecule has 0 aromatic heterocycles. The molecule has 2 fully saturated rings. The van der Waals surface area contributed by atoms with Gasteiger partial charge in [0.05, 0.1) is 12.7 Å². The Morgan fingerprint density at radius 3 is 1.79 bits per heavy atom. The van der Waals surface area contributed by atoms with E-state index in [1.807, 2.05) is 0 Å². The molecule has 0 aliphatic heterocycles. The molecule has 1 nitrogen and oxygen atoms in total. The summed E-state index contributed by atoms with van der Waals surface area (Å²) in [7, 11) is 0. The second kappa shape index (κ2) is 12.8. The van der Waals surface area contributed by atoms with Crippen LogP contribution in [0.3, 0.4) is 0 Å². The molecule has 0 spiro atoms. The van der Waals surface area contributed by atoms with Crippen molar-refractivity contribution in [1.82, 2.24) is 0 Å². The Kier molecular flexibility index (Phi) is 11.3. The van der Waals surface area contributed by atoms with Crippen molar-refractivity contribution in [3.63, 3.8) is 0 Å². The van der Waals surface area contributed by atoms with Crippen LogP contribution < -0.4 is 0 Å². The first-order valence-corrected chi connectivity index (χ1v) is 15.0. The highest BCUT2D eigenvalue weighted by molar-refractivity contribution is 4.95. The van der Waals surface area contributed by atoms with Crippen molar-refractivity contribution >= 4 is 0 Å². The lowest BCUT2D eigenvalue weighted by Gasteiger charge is -2.51. The van der Waals surface area contributed by atoms with Crippen LogP contribution in [0.1, 0.15) is 140 Å². The van der Waals surface area contributed by atoms with Gasteiger partial charge in [0.1, 0.15) is 0 Å². The Hall–Kier alpha value is -0.0400. The molecule has 0 heterocycles. The zero-order chi connectivity index (χ0) is 24.8. The standard InChI is InChI=1S/C32H62O/c1-11-13-14-15-25-16-18-27(19-17-25)26(12-2)22-33-24(4)28-20-29(31(5,6)7)23(3)30(21-28)32(8,9)10/h23-30H,11-22H2,1-10H3. The summed E-state index contributed by atoms with van der Waals surface area (Å²) in [6, 6.07) is 0. The lowest BCUT2D eigenvalue weighted by molar-refractivity contribution is -0.0743. The Morgan fingerprint density at radius 2 is 1.33 bits per heavy atom. The summed E-state index contributed by atoms with van der Waals surface area (Å²) in [5.41, 5.74) is 0.756. The Bertz CT molecular complexity index is 506. The molecule has 196 valence electrons. The molecule has 2 saturated carbocycles. The van der Waals surface area contributed by atoms with Gasteiger partial charge in [-0.3, -0.25) is 0 Å². The summed E-state index contributed by atoms with van der Waals surface area (Å²) < 4.78 is 6.75. The van der Waals surface area contributed by atoms with Crippen LogP contribution in [0.25, 0.3) is 0 Å². The highest BCUT2D eigenvalue weighted by Crippen LogP contribution is 2.52. The fourth-order valence-corrected chi connectivity index (χ4v) is 7.76. The van der Waals surface area contributed by atoms with Gasteiger partial charge in [0.15, 0.2) is 0 Å². The molecule has 2 aliphatic rings. The number of rotatable bonds is 10. The van der Waals surface area contributed by atoms with Gasteiger partial charge in [-0.2, -0.15) is 0 Å². The molecule has 0 aromatic rings. The molecule has 2 aliphatic carbocycles. The zero-order valence-corrected chi connectivity index (χ0v) is 24.5. The fourth-order valence-electron chi connectivity index (χ4n) is 7.76. The maximum Gasteiger partial charge on any atom is 0.0575 e. The normalized spacial score (nSPS) is 33.6. The van der Waals surface area contributed by atoms with Crippen LogP contribution >= 0.6 is 0 Å². The molecule has 0 bridgehead atoms. The Labute approximate surface area is 209 Å². The molecule has 0 saturated heterocycles. The van der Waals surface area contributed by atoms with Crippen LogP contribution in [-0.2, 0) is 4.74 Å². The van der Waals surface area contributed by atoms with Crippen molar-refractivity contribution in [2.24, 2.45) is 52.3 Å². The van der Waals surface area contributed by atoms with Crippen molar-refractivity contribution < 1.29 is 4.74 Å². The molecular formula is C32H62O. The van der Waals surface area contributed by atoms with Crippen LogP contribution in [0, 0.1) is 52.3 Å². The number of hydrogen-bond acceptors (Lipinski definition) is 1. The third kappa shape index (κ3) is 8.54. The summed E-state index contributed by atoms with van der Waals surface area (Å²) in [5.74, 6) is 5.76. The van der Waals surface area contributed by atoms with Gasteiger partial charge in [0, 0.05) is 0 Å². The number of hydrogen-bond donors (Lipinski definition) is 0. The number of unbranched alkanes of at least 4 members (excludes halogenated alkanes) is 2. The first kappa shape index (κ1) is 29.2. The van der Waals surface area contributed by atoms with E-state index in [0.717, 1.165) is 42.1 Å². The van der Waals surface area contributed by atoms with E-state index >= 15 is 0 Å². The molecule has 33 heavy (non-hydrogen) atoms. The predicted molar refractivity (Wildman–Crippen MR) is 147 cm³/mol. The van der Waals surface area contributed by atoms with Gasteiger partial charge < -0.3 is 4.74 Å². The average Bonchev–Trinajstić information content (AvgIpc) is 2.73. The minimum atomic E-state index is 0.378. The van der Waals surface area contributed by atoms with Crippen molar-refractivity contribution in [2.75, 3.05) is 6.61 Å². The van der Waals surface area contributed by atoms with E-state index in [1.54, 1.807) is 0 Å². The van der Waals surface area contributed by atoms with Crippen LogP contribution in [0.5, 0.6) is 0 Å². The summed E-state index contributed by atoms with van der Waals surface area (Å²) in [6.45, 7) is 25.5. The molecule has 4 unspecified atom stereocenters. The van der Waals surface area contributed by atoms with Crippen molar-refractivity contribution in [1.29, 1.82) is 0 Å². The fraction of sp³-hybridized carbons (Fsp3) is 1.00. The van der Waals surface area contributed by atoms with E-state index in [2.05, 4.69) is 69.2 Å². The molecule has 0 amide bonds. The summed E-state index contributed by atoms with van der Waals surface area (Å²) in [4.78, 5) is 0. The molecular weight excluding hydrogens is 400 g/mol. The highest BCUT2D eigenvalue weighted by Gasteiger charge is 2.45. The van der Waals surface area contributed by atoms with Crippen LogP contribution in [0.2, 0.25) is 0 Å². The highest BCUT2D eigenvalue weighted by atomic mass is 16.5. The van der Waals surface area contributed by atoms with E-state index in [4.69, 9.17) is 4.74 Å². The van der Waals surface area contributed by atoms with Crippen molar-refractivity contribution in [3.05, 3.63) is 0 Å². The van der Waals surface area contributed by atoms with E-state index in [9.17, 15) is 0 Å². The molecule has 0 radical (unpaired) electrons. The predicted octanol–water partition coefficient (Wildman–Crippen LogP) is 10.2. The quantitative estimate of drug-likeness (QED) is 0.293. The van der Waals surface area contributed by atoms with Crippen LogP contribution in [0.4, 0.5) is 0 Å². The van der Waals surface area contributed by atoms with E-state index < -0.39 is 0 Å². The lowest BCUT2D eigenvalue weighted by Crippen LogP contribution is -2.45. The zero-order valence-electron chi connectivity index (χ0n) is 24.5. The third-order valence-corrected chi connectivity index (χ3v) is 10.1. The molecule has 0 N–H and O–H groups in total. The molecule has 1 heteroatoms. The Morgan fingerprint density at radius 1 is 0.788 bits per heavy atom. The minimum absolute atomic E-state index is 0.378. The molecule has 4 atom stereocenters. The topological polar surface area (TPSA) is 9.23 Å². The van der Waals surface area contributed by atoms with Gasteiger partial charge in [-0.1, -0.05) is 107 Å². The van der Waals surface area contributed by atoms with Gasteiger partial charge >= 0.3 is 0 Å². The average molecular weight is 463 g/mol. The van der Waals surface area contributed by atoms with Crippen LogP contribution in [-0.4, -0.2) is 12.7 Å². The van der Waals surface area contributed by atoms with Gasteiger partial charge in [-0.15, -0.1) is 0 Å². The molecule has 2 rings (SSSR count). The van der Waals surface area contributed by atoms with E-state index in [0.29, 0.717) is 22.9 Å². The summed E-state index contributed by atoms with van der Waals surface area (Å²) >= 11 is 0. The van der Waals surface area contributed by atoms with Crippen LogP contribution in [0.15, 0.2) is 0 Å². The maximum atomic E-state index is 6.75. The van der Waals surface area contributed by atoms with Gasteiger partial charge in [0.25, 0.3) is 0 Å². The second-order valence-corrected chi connectivity index (χ2v) is 14.5. The first-order valence-electron chi connectivity index (χ1n) is 15.0. The molecule has 0 aromatic carbocycles.